The minimum Gasteiger partial charge on any atom is -0.293 e. The van der Waals surface area contributed by atoms with Crippen LogP contribution in [0.5, 0.6) is 0 Å². The van der Waals surface area contributed by atoms with Gasteiger partial charge >= 0.3 is 0 Å². The van der Waals surface area contributed by atoms with Gasteiger partial charge in [-0.2, -0.15) is 0 Å². The van der Waals surface area contributed by atoms with Crippen LogP contribution in [0.25, 0.3) is 6.08 Å². The van der Waals surface area contributed by atoms with Crippen LogP contribution >= 0.6 is 0 Å². The van der Waals surface area contributed by atoms with Crippen molar-refractivity contribution in [2.75, 3.05) is 0 Å². The van der Waals surface area contributed by atoms with E-state index in [2.05, 4.69) is 11.6 Å². The summed E-state index contributed by atoms with van der Waals surface area (Å²) in [6.45, 7) is 5.08. The molecule has 0 fully saturated rings. The summed E-state index contributed by atoms with van der Waals surface area (Å²) >= 11 is 0. The van der Waals surface area contributed by atoms with Crippen molar-refractivity contribution < 1.29 is 4.79 Å². The minimum atomic E-state index is -0.0133. The number of hydrogen-bond donors (Lipinski definition) is 0. The summed E-state index contributed by atoms with van der Waals surface area (Å²) < 4.78 is 0. The molecule has 0 aliphatic heterocycles. The molecule has 0 amide bonds. The molecule has 0 aliphatic rings. The molecule has 11 heavy (non-hydrogen) atoms. The maximum Gasteiger partial charge on any atom is 0.178 e. The molecule has 0 radical (unpaired) electrons. The van der Waals surface area contributed by atoms with Crippen molar-refractivity contribution in [2.24, 2.45) is 0 Å². The summed E-state index contributed by atoms with van der Waals surface area (Å²) in [5, 5.41) is 0. The van der Waals surface area contributed by atoms with E-state index in [0.29, 0.717) is 5.69 Å². The fourth-order valence-electron chi connectivity index (χ4n) is 0.734. The van der Waals surface area contributed by atoms with Crippen LogP contribution in [-0.2, 0) is 0 Å². The van der Waals surface area contributed by atoms with E-state index in [4.69, 9.17) is 0 Å². The van der Waals surface area contributed by atoms with Gasteiger partial charge in [-0.1, -0.05) is 18.7 Å². The molecule has 1 aromatic rings. The minimum absolute atomic E-state index is 0.0133. The molecule has 1 heterocycles. The Kier molecular flexibility index (Phi) is 2.16. The van der Waals surface area contributed by atoms with Gasteiger partial charge < -0.3 is 0 Å². The summed E-state index contributed by atoms with van der Waals surface area (Å²) in [7, 11) is 0. The second-order valence-corrected chi connectivity index (χ2v) is 2.24. The van der Waals surface area contributed by atoms with Crippen molar-refractivity contribution in [1.29, 1.82) is 0 Å². The van der Waals surface area contributed by atoms with Crippen LogP contribution in [0.1, 0.15) is 23.0 Å². The average molecular weight is 147 g/mol. The van der Waals surface area contributed by atoms with Crippen LogP contribution in [0.4, 0.5) is 0 Å². The molecule has 56 valence electrons. The first-order valence-corrected chi connectivity index (χ1v) is 3.33. The number of carbonyl (C=O) groups is 1. The van der Waals surface area contributed by atoms with Gasteiger partial charge in [0.15, 0.2) is 5.78 Å². The topological polar surface area (TPSA) is 30.0 Å². The molecule has 0 saturated carbocycles. The van der Waals surface area contributed by atoms with E-state index < -0.39 is 0 Å². The molecular formula is C9H9NO. The molecule has 0 bridgehead atoms. The van der Waals surface area contributed by atoms with Crippen molar-refractivity contribution in [1.82, 2.24) is 4.98 Å². The normalized spacial score (nSPS) is 9.18. The van der Waals surface area contributed by atoms with Gasteiger partial charge in [0.05, 0.1) is 0 Å². The Morgan fingerprint density at radius 1 is 1.64 bits per heavy atom. The van der Waals surface area contributed by atoms with Crippen molar-refractivity contribution in [2.45, 2.75) is 6.92 Å². The first-order chi connectivity index (χ1) is 5.24. The van der Waals surface area contributed by atoms with E-state index in [1.807, 2.05) is 6.07 Å². The average Bonchev–Trinajstić information content (AvgIpc) is 2.05. The van der Waals surface area contributed by atoms with E-state index in [9.17, 15) is 4.79 Å². The second kappa shape index (κ2) is 3.10. The van der Waals surface area contributed by atoms with Gasteiger partial charge in [0.1, 0.15) is 5.69 Å². The molecule has 0 aromatic carbocycles. The lowest BCUT2D eigenvalue weighted by Gasteiger charge is -1.93. The molecule has 2 nitrogen and oxygen atoms in total. The number of aromatic nitrogens is 1. The molecule has 0 unspecified atom stereocenters. The van der Waals surface area contributed by atoms with E-state index >= 15 is 0 Å². The molecule has 0 N–H and O–H groups in total. The zero-order valence-corrected chi connectivity index (χ0v) is 6.37. The quantitative estimate of drug-likeness (QED) is 0.598. The van der Waals surface area contributed by atoms with Gasteiger partial charge in [0.25, 0.3) is 0 Å². The Balaban J connectivity index is 3.00. The number of hydrogen-bond acceptors (Lipinski definition) is 2. The number of nitrogens with zero attached hydrogens (tertiary/aromatic N) is 1. The largest absolute Gasteiger partial charge is 0.293 e. The summed E-state index contributed by atoms with van der Waals surface area (Å²) in [6.07, 6.45) is 3.32. The zero-order valence-electron chi connectivity index (χ0n) is 6.37. The maximum atomic E-state index is 10.8. The fraction of sp³-hybridized carbons (Fsp3) is 0.111. The smallest absolute Gasteiger partial charge is 0.178 e. The third kappa shape index (κ3) is 1.74. The Hall–Kier alpha value is -1.44. The van der Waals surface area contributed by atoms with Crippen molar-refractivity contribution >= 4 is 11.9 Å². The lowest BCUT2D eigenvalue weighted by Crippen LogP contribution is -1.95. The molecule has 0 atom stereocenters. The lowest BCUT2D eigenvalue weighted by atomic mass is 10.2. The Bertz CT molecular complexity index is 274. The van der Waals surface area contributed by atoms with Crippen LogP contribution in [-0.4, -0.2) is 10.8 Å². The molecular weight excluding hydrogens is 138 g/mol. The fourth-order valence-corrected chi connectivity index (χ4v) is 0.734. The van der Waals surface area contributed by atoms with Gasteiger partial charge in [0.2, 0.25) is 0 Å². The first kappa shape index (κ1) is 7.66. The standard InChI is InChI=1S/C9H9NO/c1-3-8-4-5-9(7(2)11)10-6-8/h3-6H,1H2,2H3. The van der Waals surface area contributed by atoms with Gasteiger partial charge in [-0.3, -0.25) is 9.78 Å². The van der Waals surface area contributed by atoms with E-state index in [-0.39, 0.29) is 5.78 Å². The van der Waals surface area contributed by atoms with Crippen LogP contribution in [0.2, 0.25) is 0 Å². The van der Waals surface area contributed by atoms with Crippen LogP contribution in [0.3, 0.4) is 0 Å². The van der Waals surface area contributed by atoms with Gasteiger partial charge in [0, 0.05) is 13.1 Å². The zero-order chi connectivity index (χ0) is 8.27. The second-order valence-electron chi connectivity index (χ2n) is 2.24. The van der Waals surface area contributed by atoms with Gasteiger partial charge in [-0.15, -0.1) is 0 Å². The van der Waals surface area contributed by atoms with E-state index in [1.165, 1.54) is 6.92 Å². The predicted molar refractivity (Wildman–Crippen MR) is 44.3 cm³/mol. The van der Waals surface area contributed by atoms with Gasteiger partial charge in [-0.05, 0) is 11.6 Å². The molecule has 2 heteroatoms. The van der Waals surface area contributed by atoms with Crippen molar-refractivity contribution in [3.05, 3.63) is 36.2 Å². The molecule has 0 aliphatic carbocycles. The lowest BCUT2D eigenvalue weighted by molar-refractivity contribution is 0.101. The number of ketones is 1. The van der Waals surface area contributed by atoms with Crippen LogP contribution < -0.4 is 0 Å². The maximum absolute atomic E-state index is 10.8. The highest BCUT2D eigenvalue weighted by Crippen LogP contribution is 2.01. The summed E-state index contributed by atoms with van der Waals surface area (Å²) in [5.41, 5.74) is 1.42. The van der Waals surface area contributed by atoms with Crippen LogP contribution in [0.15, 0.2) is 24.9 Å². The molecule has 1 rings (SSSR count). The molecule has 0 spiro atoms. The highest BCUT2D eigenvalue weighted by molar-refractivity contribution is 5.92. The summed E-state index contributed by atoms with van der Waals surface area (Å²) in [6, 6.07) is 3.51. The van der Waals surface area contributed by atoms with Crippen molar-refractivity contribution in [3.8, 4) is 0 Å². The highest BCUT2D eigenvalue weighted by atomic mass is 16.1. The number of rotatable bonds is 2. The Labute approximate surface area is 65.6 Å². The predicted octanol–water partition coefficient (Wildman–Crippen LogP) is 1.93. The molecule has 0 saturated heterocycles. The van der Waals surface area contributed by atoms with E-state index in [0.717, 1.165) is 5.56 Å². The third-order valence-corrected chi connectivity index (χ3v) is 1.38. The Morgan fingerprint density at radius 2 is 2.36 bits per heavy atom. The first-order valence-electron chi connectivity index (χ1n) is 3.33. The SMILES string of the molecule is C=Cc1ccc(C(C)=O)nc1. The number of carbonyl (C=O) groups excluding carboxylic acids is 1. The number of pyridine rings is 1. The van der Waals surface area contributed by atoms with E-state index in [1.54, 1.807) is 18.3 Å². The third-order valence-electron chi connectivity index (χ3n) is 1.38. The summed E-state index contributed by atoms with van der Waals surface area (Å²) in [5.74, 6) is -0.0133. The van der Waals surface area contributed by atoms with Crippen molar-refractivity contribution in [3.63, 3.8) is 0 Å². The number of Topliss-reactive ketones (excluding diaryl/α,β-unsaturated/α-hetero) is 1. The van der Waals surface area contributed by atoms with Gasteiger partial charge in [-0.25, -0.2) is 0 Å². The summed E-state index contributed by atoms with van der Waals surface area (Å²) in [4.78, 5) is 14.7. The molecule has 1 aromatic heterocycles. The highest BCUT2D eigenvalue weighted by Gasteiger charge is 1.97. The monoisotopic (exact) mass is 147 g/mol. The Morgan fingerprint density at radius 3 is 2.73 bits per heavy atom. The van der Waals surface area contributed by atoms with Crippen LogP contribution in [0, 0.1) is 0 Å².